The van der Waals surface area contributed by atoms with Crippen molar-refractivity contribution in [1.82, 2.24) is 14.6 Å². The second-order valence-corrected chi connectivity index (χ2v) is 4.88. The van der Waals surface area contributed by atoms with E-state index < -0.39 is 0 Å². The predicted molar refractivity (Wildman–Crippen MR) is 71.1 cm³/mol. The summed E-state index contributed by atoms with van der Waals surface area (Å²) in [6.45, 7) is 1.39. The van der Waals surface area contributed by atoms with Crippen LogP contribution < -0.4 is 11.3 Å². The Morgan fingerprint density at radius 3 is 3.16 bits per heavy atom. The molecule has 102 valence electrons. The van der Waals surface area contributed by atoms with Crippen LogP contribution in [0, 0.1) is 0 Å². The summed E-state index contributed by atoms with van der Waals surface area (Å²) in [6, 6.07) is 3.47. The molecule has 1 saturated heterocycles. The maximum absolute atomic E-state index is 12.0. The largest absolute Gasteiger partial charge is 0.372 e. The van der Waals surface area contributed by atoms with E-state index in [1.54, 1.807) is 6.07 Å². The number of rotatable bonds is 4. The van der Waals surface area contributed by atoms with Gasteiger partial charge < -0.3 is 10.5 Å². The maximum Gasteiger partial charge on any atom is 0.272 e. The predicted octanol–water partition coefficient (Wildman–Crippen LogP) is 0.765. The molecule has 6 nitrogen and oxygen atoms in total. The fourth-order valence-electron chi connectivity index (χ4n) is 2.46. The normalized spacial score (nSPS) is 19.3. The van der Waals surface area contributed by atoms with Crippen molar-refractivity contribution in [2.24, 2.45) is 5.73 Å². The average molecular weight is 262 g/mol. The third kappa shape index (κ3) is 2.41. The van der Waals surface area contributed by atoms with Gasteiger partial charge in [-0.3, -0.25) is 9.89 Å². The zero-order chi connectivity index (χ0) is 13.2. The third-order valence-electron chi connectivity index (χ3n) is 3.44. The van der Waals surface area contributed by atoms with Crippen LogP contribution in [0.5, 0.6) is 0 Å². The lowest BCUT2D eigenvalue weighted by Gasteiger charge is -2.04. The van der Waals surface area contributed by atoms with Crippen molar-refractivity contribution in [2.45, 2.75) is 31.8 Å². The first kappa shape index (κ1) is 12.4. The average Bonchev–Trinajstić information content (AvgIpc) is 3.04. The number of nitrogens with two attached hydrogens (primary N) is 1. The first-order valence-corrected chi connectivity index (χ1v) is 6.71. The monoisotopic (exact) mass is 262 g/mol. The molecule has 0 radical (unpaired) electrons. The summed E-state index contributed by atoms with van der Waals surface area (Å²) < 4.78 is 7.09. The van der Waals surface area contributed by atoms with Crippen LogP contribution in [0.4, 0.5) is 0 Å². The highest BCUT2D eigenvalue weighted by atomic mass is 16.5. The molecule has 0 bridgehead atoms. The van der Waals surface area contributed by atoms with E-state index in [4.69, 9.17) is 10.5 Å². The van der Waals surface area contributed by atoms with E-state index in [1.807, 2.05) is 6.07 Å². The Hall–Kier alpha value is -1.66. The molecule has 0 aromatic carbocycles. The van der Waals surface area contributed by atoms with E-state index in [0.717, 1.165) is 43.7 Å². The molecule has 2 aromatic heterocycles. The molecule has 19 heavy (non-hydrogen) atoms. The van der Waals surface area contributed by atoms with Crippen LogP contribution in [0.2, 0.25) is 0 Å². The van der Waals surface area contributed by atoms with Gasteiger partial charge in [0.1, 0.15) is 0 Å². The highest BCUT2D eigenvalue weighted by molar-refractivity contribution is 5.40. The molecule has 1 atom stereocenters. The van der Waals surface area contributed by atoms with E-state index in [1.165, 1.54) is 4.52 Å². The van der Waals surface area contributed by atoms with Gasteiger partial charge in [0.2, 0.25) is 0 Å². The fourth-order valence-corrected chi connectivity index (χ4v) is 2.46. The van der Waals surface area contributed by atoms with E-state index >= 15 is 0 Å². The minimum absolute atomic E-state index is 0.0635. The van der Waals surface area contributed by atoms with Gasteiger partial charge in [-0.1, -0.05) is 0 Å². The SMILES string of the molecule is NCCCc1cc(=O)n2[nH]c(C3CCCO3)cc2n1. The van der Waals surface area contributed by atoms with E-state index in [-0.39, 0.29) is 11.7 Å². The van der Waals surface area contributed by atoms with E-state index in [2.05, 4.69) is 10.1 Å². The van der Waals surface area contributed by atoms with E-state index in [9.17, 15) is 4.79 Å². The summed E-state index contributed by atoms with van der Waals surface area (Å²) in [6.07, 6.45) is 3.69. The standard InChI is InChI=1S/C13H18N4O2/c14-5-1-3-9-7-13(18)17-12(15-9)8-10(16-17)11-4-2-6-19-11/h7-8,11,16H,1-6,14H2. The highest BCUT2D eigenvalue weighted by Crippen LogP contribution is 2.27. The fraction of sp³-hybridized carbons (Fsp3) is 0.538. The molecule has 0 aliphatic carbocycles. The topological polar surface area (TPSA) is 85.4 Å². The number of nitrogens with zero attached hydrogens (tertiary/aromatic N) is 2. The van der Waals surface area contributed by atoms with E-state index in [0.29, 0.717) is 12.2 Å². The molecule has 0 amide bonds. The van der Waals surface area contributed by atoms with Gasteiger partial charge in [-0.25, -0.2) is 9.50 Å². The van der Waals surface area contributed by atoms with Gasteiger partial charge in [0.25, 0.3) is 5.56 Å². The van der Waals surface area contributed by atoms with Crippen molar-refractivity contribution in [3.8, 4) is 0 Å². The number of hydrogen-bond acceptors (Lipinski definition) is 4. The molecule has 1 fully saturated rings. The molecule has 2 aromatic rings. The lowest BCUT2D eigenvalue weighted by atomic mass is 10.2. The first-order chi connectivity index (χ1) is 9.28. The number of ether oxygens (including phenoxy) is 1. The van der Waals surface area contributed by atoms with Gasteiger partial charge in [0, 0.05) is 24.4 Å². The van der Waals surface area contributed by atoms with Crippen molar-refractivity contribution in [3.05, 3.63) is 33.9 Å². The summed E-state index contributed by atoms with van der Waals surface area (Å²) >= 11 is 0. The first-order valence-electron chi connectivity index (χ1n) is 6.71. The molecular weight excluding hydrogens is 244 g/mol. The second kappa shape index (κ2) is 5.14. The Bertz CT molecular complexity index is 625. The Morgan fingerprint density at radius 2 is 2.42 bits per heavy atom. The van der Waals surface area contributed by atoms with Crippen molar-refractivity contribution in [2.75, 3.05) is 13.2 Å². The molecule has 6 heteroatoms. The van der Waals surface area contributed by atoms with Gasteiger partial charge in [0.05, 0.1) is 11.8 Å². The second-order valence-electron chi connectivity index (χ2n) is 4.88. The molecule has 0 saturated carbocycles. The van der Waals surface area contributed by atoms with Gasteiger partial charge in [-0.15, -0.1) is 0 Å². The Balaban J connectivity index is 1.97. The van der Waals surface area contributed by atoms with Gasteiger partial charge in [-0.2, -0.15) is 0 Å². The molecule has 1 unspecified atom stereocenters. The van der Waals surface area contributed by atoms with Crippen molar-refractivity contribution in [1.29, 1.82) is 0 Å². The van der Waals surface area contributed by atoms with Gasteiger partial charge in [-0.05, 0) is 32.2 Å². The van der Waals surface area contributed by atoms with Crippen LogP contribution in [0.15, 0.2) is 16.9 Å². The van der Waals surface area contributed by atoms with Crippen LogP contribution in [0.25, 0.3) is 5.65 Å². The Kier molecular flexibility index (Phi) is 3.35. The maximum atomic E-state index is 12.0. The minimum atomic E-state index is -0.0822. The highest BCUT2D eigenvalue weighted by Gasteiger charge is 2.20. The minimum Gasteiger partial charge on any atom is -0.372 e. The number of hydrogen-bond donors (Lipinski definition) is 2. The quantitative estimate of drug-likeness (QED) is 0.852. The van der Waals surface area contributed by atoms with Crippen LogP contribution in [0.3, 0.4) is 0 Å². The number of fused-ring (bicyclic) bond motifs is 1. The molecule has 3 rings (SSSR count). The summed E-state index contributed by atoms with van der Waals surface area (Å²) in [5.74, 6) is 0. The molecular formula is C13H18N4O2. The number of aryl methyl sites for hydroxylation is 1. The molecule has 3 heterocycles. The molecule has 3 N–H and O–H groups in total. The number of aromatic amines is 1. The van der Waals surface area contributed by atoms with Crippen LogP contribution in [-0.2, 0) is 11.2 Å². The lowest BCUT2D eigenvalue weighted by Crippen LogP contribution is -2.16. The van der Waals surface area contributed by atoms with Crippen LogP contribution >= 0.6 is 0 Å². The number of aromatic nitrogens is 3. The number of nitrogens with one attached hydrogen (secondary N) is 1. The molecule has 1 aliphatic rings. The van der Waals surface area contributed by atoms with Gasteiger partial charge >= 0.3 is 0 Å². The van der Waals surface area contributed by atoms with Crippen molar-refractivity contribution in [3.63, 3.8) is 0 Å². The van der Waals surface area contributed by atoms with Gasteiger partial charge in [0.15, 0.2) is 5.65 Å². The molecule has 1 aliphatic heterocycles. The van der Waals surface area contributed by atoms with Crippen LogP contribution in [0.1, 0.15) is 36.8 Å². The third-order valence-corrected chi connectivity index (χ3v) is 3.44. The Labute approximate surface area is 110 Å². The van der Waals surface area contributed by atoms with Crippen molar-refractivity contribution < 1.29 is 4.74 Å². The van der Waals surface area contributed by atoms with Crippen molar-refractivity contribution >= 4 is 5.65 Å². The summed E-state index contributed by atoms with van der Waals surface area (Å²) in [5, 5.41) is 3.08. The summed E-state index contributed by atoms with van der Waals surface area (Å²) in [5.41, 5.74) is 7.78. The zero-order valence-electron chi connectivity index (χ0n) is 10.8. The summed E-state index contributed by atoms with van der Waals surface area (Å²) in [7, 11) is 0. The Morgan fingerprint density at radius 1 is 1.53 bits per heavy atom. The number of H-pyrrole nitrogens is 1. The van der Waals surface area contributed by atoms with Crippen LogP contribution in [-0.4, -0.2) is 27.7 Å². The summed E-state index contributed by atoms with van der Waals surface area (Å²) in [4.78, 5) is 16.5. The lowest BCUT2D eigenvalue weighted by molar-refractivity contribution is 0.108. The smallest absolute Gasteiger partial charge is 0.272 e. The zero-order valence-corrected chi connectivity index (χ0v) is 10.8. The molecule has 0 spiro atoms.